The second-order valence-corrected chi connectivity index (χ2v) is 5.58. The maximum Gasteiger partial charge on any atom is 0.220 e. The zero-order chi connectivity index (χ0) is 12.2. The average Bonchev–Trinajstić information content (AvgIpc) is 2.18. The van der Waals surface area contributed by atoms with Crippen LogP contribution in [0.25, 0.3) is 0 Å². The van der Waals surface area contributed by atoms with Gasteiger partial charge in [0.2, 0.25) is 5.91 Å². The van der Waals surface area contributed by atoms with Crippen LogP contribution in [0.4, 0.5) is 0 Å². The summed E-state index contributed by atoms with van der Waals surface area (Å²) in [5.41, 5.74) is 5.41. The number of hydrogen-bond acceptors (Lipinski definition) is 3. The van der Waals surface area contributed by atoms with Gasteiger partial charge in [0.05, 0.1) is 6.10 Å². The summed E-state index contributed by atoms with van der Waals surface area (Å²) < 4.78 is 0. The zero-order valence-electron chi connectivity index (χ0n) is 10.3. The molecule has 1 aliphatic carbocycles. The van der Waals surface area contributed by atoms with Crippen LogP contribution >= 0.6 is 0 Å². The molecule has 1 saturated carbocycles. The largest absolute Gasteiger partial charge is 0.393 e. The Hall–Kier alpha value is -0.610. The topological polar surface area (TPSA) is 75.3 Å². The Morgan fingerprint density at radius 3 is 2.62 bits per heavy atom. The molecule has 0 aromatic carbocycles. The number of hydrogen-bond donors (Lipinski definition) is 3. The summed E-state index contributed by atoms with van der Waals surface area (Å²) in [4.78, 5) is 11.6. The number of nitrogens with two attached hydrogens (primary N) is 1. The van der Waals surface area contributed by atoms with Crippen LogP contribution in [0.3, 0.4) is 0 Å². The lowest BCUT2D eigenvalue weighted by molar-refractivity contribution is -0.123. The first kappa shape index (κ1) is 13.5. The fraction of sp³-hybridized carbons (Fsp3) is 0.917. The SMILES string of the molecule is CC(C)(N)CNC(=O)CC1CCCCC1O. The van der Waals surface area contributed by atoms with E-state index in [2.05, 4.69) is 5.32 Å². The molecule has 1 aliphatic rings. The molecule has 1 fully saturated rings. The smallest absolute Gasteiger partial charge is 0.220 e. The molecule has 0 saturated heterocycles. The van der Waals surface area contributed by atoms with Crippen LogP contribution in [-0.2, 0) is 4.79 Å². The molecule has 16 heavy (non-hydrogen) atoms. The van der Waals surface area contributed by atoms with Crippen molar-refractivity contribution in [3.05, 3.63) is 0 Å². The number of nitrogens with one attached hydrogen (secondary N) is 1. The first-order valence-electron chi connectivity index (χ1n) is 6.12. The van der Waals surface area contributed by atoms with E-state index in [1.165, 1.54) is 0 Å². The second-order valence-electron chi connectivity index (χ2n) is 5.58. The van der Waals surface area contributed by atoms with Crippen LogP contribution in [0.5, 0.6) is 0 Å². The van der Waals surface area contributed by atoms with E-state index in [0.29, 0.717) is 13.0 Å². The maximum atomic E-state index is 11.6. The summed E-state index contributed by atoms with van der Waals surface area (Å²) in [7, 11) is 0. The molecule has 0 aliphatic heterocycles. The summed E-state index contributed by atoms with van der Waals surface area (Å²) in [5, 5.41) is 12.6. The highest BCUT2D eigenvalue weighted by molar-refractivity contribution is 5.76. The van der Waals surface area contributed by atoms with Crippen molar-refractivity contribution in [1.82, 2.24) is 5.32 Å². The van der Waals surface area contributed by atoms with Crippen LogP contribution in [-0.4, -0.2) is 29.2 Å². The van der Waals surface area contributed by atoms with Gasteiger partial charge < -0.3 is 16.2 Å². The average molecular weight is 228 g/mol. The number of aliphatic hydroxyl groups is 1. The fourth-order valence-electron chi connectivity index (χ4n) is 2.06. The van der Waals surface area contributed by atoms with E-state index < -0.39 is 0 Å². The first-order valence-corrected chi connectivity index (χ1v) is 6.12. The minimum absolute atomic E-state index is 0.00414. The summed E-state index contributed by atoms with van der Waals surface area (Å²) in [6.45, 7) is 4.24. The minimum atomic E-state index is -0.374. The first-order chi connectivity index (χ1) is 7.38. The van der Waals surface area contributed by atoms with Crippen LogP contribution < -0.4 is 11.1 Å². The number of amides is 1. The number of carbonyl (C=O) groups excluding carboxylic acids is 1. The van der Waals surface area contributed by atoms with Gasteiger partial charge in [0.15, 0.2) is 0 Å². The summed E-state index contributed by atoms with van der Waals surface area (Å²) in [5.74, 6) is 0.138. The molecule has 4 heteroatoms. The molecule has 94 valence electrons. The second kappa shape index (κ2) is 5.64. The molecule has 0 aromatic rings. The number of carbonyl (C=O) groups is 1. The summed E-state index contributed by atoms with van der Waals surface area (Å²) >= 11 is 0. The Balaban J connectivity index is 2.28. The van der Waals surface area contributed by atoms with Crippen molar-refractivity contribution in [2.75, 3.05) is 6.54 Å². The van der Waals surface area contributed by atoms with E-state index >= 15 is 0 Å². The molecular weight excluding hydrogens is 204 g/mol. The van der Waals surface area contributed by atoms with Crippen molar-refractivity contribution in [2.45, 2.75) is 57.6 Å². The van der Waals surface area contributed by atoms with E-state index in [1.54, 1.807) is 0 Å². The molecule has 2 unspecified atom stereocenters. The molecular formula is C12H24N2O2. The van der Waals surface area contributed by atoms with Gasteiger partial charge in [0, 0.05) is 18.5 Å². The quantitative estimate of drug-likeness (QED) is 0.665. The molecule has 4 N–H and O–H groups in total. The molecule has 4 nitrogen and oxygen atoms in total. The summed E-state index contributed by atoms with van der Waals surface area (Å²) in [6.07, 6.45) is 4.12. The van der Waals surface area contributed by atoms with Gasteiger partial charge in [-0.1, -0.05) is 12.8 Å². The lowest BCUT2D eigenvalue weighted by atomic mass is 9.84. The van der Waals surface area contributed by atoms with Crippen molar-refractivity contribution in [3.63, 3.8) is 0 Å². The van der Waals surface area contributed by atoms with Crippen molar-refractivity contribution in [1.29, 1.82) is 0 Å². The molecule has 1 rings (SSSR count). The van der Waals surface area contributed by atoms with Crippen molar-refractivity contribution < 1.29 is 9.90 Å². The van der Waals surface area contributed by atoms with E-state index in [-0.39, 0.29) is 23.5 Å². The van der Waals surface area contributed by atoms with E-state index in [1.807, 2.05) is 13.8 Å². The van der Waals surface area contributed by atoms with Gasteiger partial charge in [0.25, 0.3) is 0 Å². The number of aliphatic hydroxyl groups excluding tert-OH is 1. The van der Waals surface area contributed by atoms with Gasteiger partial charge in [0.1, 0.15) is 0 Å². The zero-order valence-corrected chi connectivity index (χ0v) is 10.3. The van der Waals surface area contributed by atoms with E-state index in [9.17, 15) is 9.90 Å². The Morgan fingerprint density at radius 1 is 1.44 bits per heavy atom. The Bertz CT molecular complexity index is 236. The fourth-order valence-corrected chi connectivity index (χ4v) is 2.06. The lowest BCUT2D eigenvalue weighted by Gasteiger charge is -2.27. The van der Waals surface area contributed by atoms with E-state index in [0.717, 1.165) is 25.7 Å². The molecule has 0 spiro atoms. The summed E-state index contributed by atoms with van der Waals surface area (Å²) in [6, 6.07) is 0. The van der Waals surface area contributed by atoms with Gasteiger partial charge in [-0.3, -0.25) is 4.79 Å². The van der Waals surface area contributed by atoms with Crippen LogP contribution in [0.1, 0.15) is 46.0 Å². The van der Waals surface area contributed by atoms with Crippen molar-refractivity contribution in [3.8, 4) is 0 Å². The number of rotatable bonds is 4. The van der Waals surface area contributed by atoms with Crippen molar-refractivity contribution in [2.24, 2.45) is 11.7 Å². The highest BCUT2D eigenvalue weighted by Gasteiger charge is 2.25. The predicted molar refractivity (Wildman–Crippen MR) is 63.9 cm³/mol. The molecule has 0 heterocycles. The van der Waals surface area contributed by atoms with Gasteiger partial charge in [-0.15, -0.1) is 0 Å². The van der Waals surface area contributed by atoms with Gasteiger partial charge in [-0.2, -0.15) is 0 Å². The molecule has 0 radical (unpaired) electrons. The van der Waals surface area contributed by atoms with Gasteiger partial charge in [-0.05, 0) is 32.6 Å². The Kier molecular flexibility index (Phi) is 4.74. The molecule has 2 atom stereocenters. The Labute approximate surface area is 97.6 Å². The van der Waals surface area contributed by atoms with Crippen molar-refractivity contribution >= 4 is 5.91 Å². The van der Waals surface area contributed by atoms with Gasteiger partial charge >= 0.3 is 0 Å². The van der Waals surface area contributed by atoms with Gasteiger partial charge in [-0.25, -0.2) is 0 Å². The van der Waals surface area contributed by atoms with Crippen LogP contribution in [0.15, 0.2) is 0 Å². The Morgan fingerprint density at radius 2 is 2.06 bits per heavy atom. The van der Waals surface area contributed by atoms with Crippen LogP contribution in [0.2, 0.25) is 0 Å². The molecule has 1 amide bonds. The normalized spacial score (nSPS) is 26.5. The highest BCUT2D eigenvalue weighted by atomic mass is 16.3. The third-order valence-electron chi connectivity index (χ3n) is 3.06. The minimum Gasteiger partial charge on any atom is -0.393 e. The highest BCUT2D eigenvalue weighted by Crippen LogP contribution is 2.26. The molecule has 0 aromatic heterocycles. The van der Waals surface area contributed by atoms with E-state index in [4.69, 9.17) is 5.73 Å². The maximum absolute atomic E-state index is 11.6. The standard InChI is InChI=1S/C12H24N2O2/c1-12(2,13)8-14-11(16)7-9-5-3-4-6-10(9)15/h9-10,15H,3-8,13H2,1-2H3,(H,14,16). The van der Waals surface area contributed by atoms with Crippen LogP contribution in [0, 0.1) is 5.92 Å². The lowest BCUT2D eigenvalue weighted by Crippen LogP contribution is -2.45. The third-order valence-corrected chi connectivity index (χ3v) is 3.06. The monoisotopic (exact) mass is 228 g/mol. The predicted octanol–water partition coefficient (Wildman–Crippen LogP) is 0.781. The third kappa shape index (κ3) is 4.94. The molecule has 0 bridgehead atoms.